The van der Waals surface area contributed by atoms with Crippen molar-refractivity contribution in [2.24, 2.45) is 0 Å². The van der Waals surface area contributed by atoms with E-state index in [0.29, 0.717) is 5.56 Å². The molecule has 0 radical (unpaired) electrons. The van der Waals surface area contributed by atoms with E-state index in [1.165, 1.54) is 6.07 Å². The van der Waals surface area contributed by atoms with Crippen molar-refractivity contribution in [1.29, 1.82) is 0 Å². The van der Waals surface area contributed by atoms with Crippen LogP contribution in [-0.2, 0) is 0 Å². The van der Waals surface area contributed by atoms with Crippen molar-refractivity contribution in [3.63, 3.8) is 0 Å². The molecule has 0 spiro atoms. The van der Waals surface area contributed by atoms with Crippen LogP contribution in [0.5, 0.6) is 0 Å². The Morgan fingerprint density at radius 2 is 1.94 bits per heavy atom. The monoisotopic (exact) mass is 239 g/mol. The molecule has 0 aliphatic carbocycles. The predicted octanol–water partition coefficient (Wildman–Crippen LogP) is 3.50. The largest absolute Gasteiger partial charge is 0.389 e. The molecule has 0 heterocycles. The highest BCUT2D eigenvalue weighted by Gasteiger charge is 2.19. The number of anilines is 1. The first-order valence-electron chi connectivity index (χ1n) is 6.22. The maximum absolute atomic E-state index is 13.8. The molecule has 1 aromatic rings. The second-order valence-corrected chi connectivity index (χ2v) is 4.64. The molecule has 0 fully saturated rings. The van der Waals surface area contributed by atoms with Crippen LogP contribution in [-0.4, -0.2) is 17.7 Å². The molecule has 0 saturated heterocycles. The highest BCUT2D eigenvalue weighted by Crippen LogP contribution is 2.30. The molecule has 2 nitrogen and oxygen atoms in total. The maximum atomic E-state index is 13.8. The fourth-order valence-corrected chi connectivity index (χ4v) is 2.09. The van der Waals surface area contributed by atoms with Crippen molar-refractivity contribution in [1.82, 2.24) is 0 Å². The van der Waals surface area contributed by atoms with Gasteiger partial charge in [-0.3, -0.25) is 0 Å². The summed E-state index contributed by atoms with van der Waals surface area (Å²) in [5, 5.41) is 9.72. The lowest BCUT2D eigenvalue weighted by Gasteiger charge is -2.31. The van der Waals surface area contributed by atoms with Crippen LogP contribution in [0.25, 0.3) is 0 Å². The summed E-state index contributed by atoms with van der Waals surface area (Å²) < 4.78 is 13.8. The topological polar surface area (TPSA) is 23.5 Å². The number of halogens is 1. The van der Waals surface area contributed by atoms with Gasteiger partial charge >= 0.3 is 0 Å². The van der Waals surface area contributed by atoms with Gasteiger partial charge in [-0.1, -0.05) is 13.0 Å². The third-order valence-electron chi connectivity index (χ3n) is 2.84. The van der Waals surface area contributed by atoms with Gasteiger partial charge < -0.3 is 10.0 Å². The van der Waals surface area contributed by atoms with Crippen molar-refractivity contribution in [3.05, 3.63) is 29.6 Å². The van der Waals surface area contributed by atoms with Gasteiger partial charge in [-0.15, -0.1) is 0 Å². The Hall–Kier alpha value is -1.09. The molecule has 3 heteroatoms. The van der Waals surface area contributed by atoms with Crippen molar-refractivity contribution in [3.8, 4) is 0 Å². The summed E-state index contributed by atoms with van der Waals surface area (Å²) in [6, 6.07) is 5.26. The number of nitrogens with zero attached hydrogens (tertiary/aromatic N) is 1. The van der Waals surface area contributed by atoms with Gasteiger partial charge in [0.1, 0.15) is 5.82 Å². The van der Waals surface area contributed by atoms with Crippen LogP contribution in [0.4, 0.5) is 10.1 Å². The fraction of sp³-hybridized carbons (Fsp3) is 0.571. The van der Waals surface area contributed by atoms with Crippen molar-refractivity contribution in [2.75, 3.05) is 11.4 Å². The standard InChI is InChI=1S/C14H22FNO/c1-5-9-16(10(2)3)13-8-6-7-12(15)14(13)11(4)17/h6-8,10-11,17H,5,9H2,1-4H3/t11-/m1/s1. The molecule has 0 aromatic heterocycles. The second kappa shape index (κ2) is 6.01. The summed E-state index contributed by atoms with van der Waals surface area (Å²) in [5.74, 6) is -0.334. The van der Waals surface area contributed by atoms with Crippen LogP contribution in [0, 0.1) is 5.82 Å². The molecule has 17 heavy (non-hydrogen) atoms. The molecule has 0 unspecified atom stereocenters. The molecule has 0 aliphatic rings. The van der Waals surface area contributed by atoms with E-state index >= 15 is 0 Å². The Labute approximate surface area is 103 Å². The Balaban J connectivity index is 3.22. The number of aliphatic hydroxyl groups excluding tert-OH is 1. The van der Waals surface area contributed by atoms with Gasteiger partial charge in [-0.2, -0.15) is 0 Å². The molecular weight excluding hydrogens is 217 g/mol. The summed E-state index contributed by atoms with van der Waals surface area (Å²) in [6.45, 7) is 8.71. The highest BCUT2D eigenvalue weighted by atomic mass is 19.1. The van der Waals surface area contributed by atoms with E-state index in [4.69, 9.17) is 0 Å². The van der Waals surface area contributed by atoms with Crippen LogP contribution in [0.2, 0.25) is 0 Å². The molecular formula is C14H22FNO. The van der Waals surface area contributed by atoms with E-state index < -0.39 is 6.10 Å². The SMILES string of the molecule is CCCN(c1cccc(F)c1[C@@H](C)O)C(C)C. The predicted molar refractivity (Wildman–Crippen MR) is 69.8 cm³/mol. The summed E-state index contributed by atoms with van der Waals surface area (Å²) in [7, 11) is 0. The minimum absolute atomic E-state index is 0.286. The molecule has 1 aromatic carbocycles. The number of benzene rings is 1. The number of aliphatic hydroxyl groups is 1. The maximum Gasteiger partial charge on any atom is 0.131 e. The van der Waals surface area contributed by atoms with Gasteiger partial charge in [0.05, 0.1) is 6.10 Å². The minimum Gasteiger partial charge on any atom is -0.389 e. The lowest BCUT2D eigenvalue weighted by molar-refractivity contribution is 0.194. The zero-order chi connectivity index (χ0) is 13.0. The van der Waals surface area contributed by atoms with Crippen LogP contribution in [0.3, 0.4) is 0 Å². The number of rotatable bonds is 5. The molecule has 0 saturated carbocycles. The lowest BCUT2D eigenvalue weighted by Crippen LogP contribution is -2.32. The molecule has 0 aliphatic heterocycles. The van der Waals surface area contributed by atoms with E-state index in [0.717, 1.165) is 18.7 Å². The van der Waals surface area contributed by atoms with Crippen LogP contribution in [0.1, 0.15) is 45.8 Å². The third-order valence-corrected chi connectivity index (χ3v) is 2.84. The first-order chi connectivity index (χ1) is 7.99. The molecule has 1 atom stereocenters. The zero-order valence-corrected chi connectivity index (χ0v) is 11.1. The van der Waals surface area contributed by atoms with Gasteiger partial charge in [-0.25, -0.2) is 4.39 Å². The Bertz CT molecular complexity index is 363. The summed E-state index contributed by atoms with van der Waals surface area (Å²) >= 11 is 0. The van der Waals surface area contributed by atoms with Gasteiger partial charge in [0.15, 0.2) is 0 Å². The quantitative estimate of drug-likeness (QED) is 0.850. The molecule has 1 N–H and O–H groups in total. The summed E-state index contributed by atoms with van der Waals surface area (Å²) in [6.07, 6.45) is 0.206. The lowest BCUT2D eigenvalue weighted by atomic mass is 10.0. The van der Waals surface area contributed by atoms with Gasteiger partial charge in [-0.05, 0) is 39.3 Å². The fourth-order valence-electron chi connectivity index (χ4n) is 2.09. The zero-order valence-electron chi connectivity index (χ0n) is 11.1. The van der Waals surface area contributed by atoms with Crippen molar-refractivity contribution < 1.29 is 9.50 Å². The van der Waals surface area contributed by atoms with Crippen molar-refractivity contribution >= 4 is 5.69 Å². The Morgan fingerprint density at radius 3 is 2.41 bits per heavy atom. The summed E-state index contributed by atoms with van der Waals surface area (Å²) in [4.78, 5) is 2.13. The molecule has 0 amide bonds. The van der Waals surface area contributed by atoms with Gasteiger partial charge in [0.25, 0.3) is 0 Å². The first kappa shape index (κ1) is 14.0. The highest BCUT2D eigenvalue weighted by molar-refractivity contribution is 5.55. The van der Waals surface area contributed by atoms with E-state index in [1.807, 2.05) is 6.07 Å². The number of hydrogen-bond donors (Lipinski definition) is 1. The molecule has 96 valence electrons. The van der Waals surface area contributed by atoms with E-state index in [-0.39, 0.29) is 11.9 Å². The average Bonchev–Trinajstić information content (AvgIpc) is 2.24. The minimum atomic E-state index is -0.788. The summed E-state index contributed by atoms with van der Waals surface area (Å²) in [5.41, 5.74) is 1.20. The van der Waals surface area contributed by atoms with Crippen molar-refractivity contribution in [2.45, 2.75) is 46.3 Å². The first-order valence-corrected chi connectivity index (χ1v) is 6.22. The number of hydrogen-bond acceptors (Lipinski definition) is 2. The van der Waals surface area contributed by atoms with Crippen LogP contribution < -0.4 is 4.90 Å². The van der Waals surface area contributed by atoms with E-state index in [2.05, 4.69) is 25.7 Å². The Kier molecular flexibility index (Phi) is 4.94. The van der Waals surface area contributed by atoms with E-state index in [1.54, 1.807) is 13.0 Å². The molecule has 0 bridgehead atoms. The van der Waals surface area contributed by atoms with Crippen LogP contribution >= 0.6 is 0 Å². The normalized spacial score (nSPS) is 12.9. The Morgan fingerprint density at radius 1 is 1.29 bits per heavy atom. The third kappa shape index (κ3) is 3.19. The van der Waals surface area contributed by atoms with E-state index in [9.17, 15) is 9.50 Å². The smallest absolute Gasteiger partial charge is 0.131 e. The molecule has 1 rings (SSSR count). The average molecular weight is 239 g/mol. The van der Waals surface area contributed by atoms with Gasteiger partial charge in [0.2, 0.25) is 0 Å². The van der Waals surface area contributed by atoms with Crippen LogP contribution in [0.15, 0.2) is 18.2 Å². The second-order valence-electron chi connectivity index (χ2n) is 4.64. The van der Waals surface area contributed by atoms with Gasteiger partial charge in [0, 0.05) is 23.8 Å².